The number of carbonyl (C=O) groups excluding carboxylic acids is 2. The molecule has 5 nitrogen and oxygen atoms in total. The monoisotopic (exact) mass is 290 g/mol. The average molecular weight is 290 g/mol. The van der Waals surface area contributed by atoms with E-state index in [0.29, 0.717) is 26.0 Å². The lowest BCUT2D eigenvalue weighted by Gasteiger charge is -2.16. The highest BCUT2D eigenvalue weighted by Crippen LogP contribution is 2.12. The molecule has 2 atom stereocenters. The SMILES string of the molecule is C[C@@H](CCOc1ccccc1)C(=O)N[C@H]1CCN(C)C1=O. The van der Waals surface area contributed by atoms with E-state index >= 15 is 0 Å². The van der Waals surface area contributed by atoms with Crippen LogP contribution >= 0.6 is 0 Å². The van der Waals surface area contributed by atoms with Crippen molar-refractivity contribution >= 4 is 11.8 Å². The Morgan fingerprint density at radius 2 is 2.14 bits per heavy atom. The predicted octanol–water partition coefficient (Wildman–Crippen LogP) is 1.44. The van der Waals surface area contributed by atoms with Gasteiger partial charge < -0.3 is 15.0 Å². The van der Waals surface area contributed by atoms with Crippen LogP contribution in [0.4, 0.5) is 0 Å². The Bertz CT molecular complexity index is 490. The van der Waals surface area contributed by atoms with Crippen molar-refractivity contribution in [2.75, 3.05) is 20.2 Å². The summed E-state index contributed by atoms with van der Waals surface area (Å²) in [5, 5.41) is 2.82. The Hall–Kier alpha value is -2.04. The molecule has 0 unspecified atom stereocenters. The highest BCUT2D eigenvalue weighted by atomic mass is 16.5. The zero-order valence-electron chi connectivity index (χ0n) is 12.5. The average Bonchev–Trinajstić information content (AvgIpc) is 2.80. The first-order valence-corrected chi connectivity index (χ1v) is 7.31. The number of ether oxygens (including phenoxy) is 1. The van der Waals surface area contributed by atoms with E-state index < -0.39 is 0 Å². The Morgan fingerprint density at radius 1 is 1.43 bits per heavy atom. The van der Waals surface area contributed by atoms with E-state index in [0.717, 1.165) is 5.75 Å². The highest BCUT2D eigenvalue weighted by Gasteiger charge is 2.31. The third-order valence-corrected chi connectivity index (χ3v) is 3.75. The molecule has 2 amide bonds. The van der Waals surface area contributed by atoms with Gasteiger partial charge in [-0.1, -0.05) is 25.1 Å². The predicted molar refractivity (Wildman–Crippen MR) is 79.9 cm³/mol. The second kappa shape index (κ2) is 7.11. The fourth-order valence-electron chi connectivity index (χ4n) is 2.27. The highest BCUT2D eigenvalue weighted by molar-refractivity contribution is 5.89. The van der Waals surface area contributed by atoms with Crippen molar-refractivity contribution in [2.45, 2.75) is 25.8 Å². The molecule has 5 heteroatoms. The van der Waals surface area contributed by atoms with Gasteiger partial charge in [0.15, 0.2) is 0 Å². The number of hydrogen-bond acceptors (Lipinski definition) is 3. The van der Waals surface area contributed by atoms with Crippen LogP contribution in [0.25, 0.3) is 0 Å². The van der Waals surface area contributed by atoms with Gasteiger partial charge in [0.25, 0.3) is 0 Å². The molecule has 1 saturated heterocycles. The first kappa shape index (κ1) is 15.4. The minimum absolute atomic E-state index is 0.00362. The number of nitrogens with zero attached hydrogens (tertiary/aromatic N) is 1. The second-order valence-electron chi connectivity index (χ2n) is 5.46. The van der Waals surface area contributed by atoms with E-state index in [-0.39, 0.29) is 23.8 Å². The number of rotatable bonds is 6. The maximum atomic E-state index is 12.1. The zero-order valence-corrected chi connectivity index (χ0v) is 12.5. The summed E-state index contributed by atoms with van der Waals surface area (Å²) >= 11 is 0. The van der Waals surface area contributed by atoms with Gasteiger partial charge in [-0.3, -0.25) is 9.59 Å². The van der Waals surface area contributed by atoms with Crippen molar-refractivity contribution in [1.82, 2.24) is 10.2 Å². The summed E-state index contributed by atoms with van der Waals surface area (Å²) in [6, 6.07) is 9.16. The van der Waals surface area contributed by atoms with Crippen LogP contribution in [-0.2, 0) is 9.59 Å². The Morgan fingerprint density at radius 3 is 2.76 bits per heavy atom. The van der Waals surface area contributed by atoms with E-state index in [1.165, 1.54) is 0 Å². The van der Waals surface area contributed by atoms with E-state index in [1.807, 2.05) is 37.3 Å². The standard InChI is InChI=1S/C16H22N2O3/c1-12(9-11-21-13-6-4-3-5-7-13)15(19)17-14-8-10-18(2)16(14)20/h3-7,12,14H,8-11H2,1-2H3,(H,17,19)/t12-,14-/m0/s1. The smallest absolute Gasteiger partial charge is 0.244 e. The molecule has 1 aliphatic rings. The maximum absolute atomic E-state index is 12.1. The summed E-state index contributed by atoms with van der Waals surface area (Å²) in [4.78, 5) is 25.5. The molecular weight excluding hydrogens is 268 g/mol. The molecule has 0 spiro atoms. The minimum atomic E-state index is -0.361. The van der Waals surface area contributed by atoms with Crippen molar-refractivity contribution < 1.29 is 14.3 Å². The van der Waals surface area contributed by atoms with E-state index in [4.69, 9.17) is 4.74 Å². The Kier molecular flexibility index (Phi) is 5.20. The maximum Gasteiger partial charge on any atom is 0.244 e. The minimum Gasteiger partial charge on any atom is -0.494 e. The number of amides is 2. The summed E-state index contributed by atoms with van der Waals surface area (Å²) in [7, 11) is 1.76. The molecule has 0 bridgehead atoms. The normalized spacial score (nSPS) is 19.4. The molecule has 0 radical (unpaired) electrons. The fraction of sp³-hybridized carbons (Fsp3) is 0.500. The molecule has 0 aliphatic carbocycles. The van der Waals surface area contributed by atoms with Crippen molar-refractivity contribution in [2.24, 2.45) is 5.92 Å². The lowest BCUT2D eigenvalue weighted by atomic mass is 10.1. The summed E-state index contributed by atoms with van der Waals surface area (Å²) < 4.78 is 5.58. The van der Waals surface area contributed by atoms with Gasteiger partial charge in [-0.2, -0.15) is 0 Å². The van der Waals surface area contributed by atoms with Crippen molar-refractivity contribution in [3.05, 3.63) is 30.3 Å². The van der Waals surface area contributed by atoms with Gasteiger partial charge >= 0.3 is 0 Å². The number of hydrogen-bond donors (Lipinski definition) is 1. The van der Waals surface area contributed by atoms with Crippen LogP contribution in [0.2, 0.25) is 0 Å². The van der Waals surface area contributed by atoms with Crippen LogP contribution in [0.3, 0.4) is 0 Å². The molecule has 21 heavy (non-hydrogen) atoms. The summed E-state index contributed by atoms with van der Waals surface area (Å²) in [5.74, 6) is 0.543. The van der Waals surface area contributed by atoms with Crippen molar-refractivity contribution in [3.63, 3.8) is 0 Å². The first-order valence-electron chi connectivity index (χ1n) is 7.31. The van der Waals surface area contributed by atoms with Crippen LogP contribution in [-0.4, -0.2) is 43.0 Å². The summed E-state index contributed by atoms with van der Waals surface area (Å²) in [5.41, 5.74) is 0. The van der Waals surface area contributed by atoms with Crippen molar-refractivity contribution in [3.8, 4) is 5.75 Å². The number of likely N-dealkylation sites (tertiary alicyclic amines) is 1. The van der Waals surface area contributed by atoms with Crippen molar-refractivity contribution in [1.29, 1.82) is 0 Å². The lowest BCUT2D eigenvalue weighted by Crippen LogP contribution is -2.43. The van der Waals surface area contributed by atoms with Gasteiger partial charge in [0.1, 0.15) is 11.8 Å². The van der Waals surface area contributed by atoms with Gasteiger partial charge in [0.05, 0.1) is 6.61 Å². The molecule has 1 aromatic rings. The van der Waals surface area contributed by atoms with E-state index in [1.54, 1.807) is 11.9 Å². The van der Waals surface area contributed by atoms with Crippen LogP contribution in [0.5, 0.6) is 5.75 Å². The third-order valence-electron chi connectivity index (χ3n) is 3.75. The van der Waals surface area contributed by atoms with Crippen LogP contribution < -0.4 is 10.1 Å². The van der Waals surface area contributed by atoms with Crippen LogP contribution in [0.15, 0.2) is 30.3 Å². The van der Waals surface area contributed by atoms with Crippen LogP contribution in [0.1, 0.15) is 19.8 Å². The number of carbonyl (C=O) groups is 2. The quantitative estimate of drug-likeness (QED) is 0.862. The van der Waals surface area contributed by atoms with Gasteiger partial charge in [0.2, 0.25) is 11.8 Å². The molecule has 0 aromatic heterocycles. The molecule has 1 heterocycles. The number of benzene rings is 1. The number of para-hydroxylation sites is 1. The topological polar surface area (TPSA) is 58.6 Å². The van der Waals surface area contributed by atoms with E-state index in [9.17, 15) is 9.59 Å². The summed E-state index contributed by atoms with van der Waals surface area (Å²) in [6.07, 6.45) is 1.31. The van der Waals surface area contributed by atoms with Crippen LogP contribution in [0, 0.1) is 5.92 Å². The van der Waals surface area contributed by atoms with E-state index in [2.05, 4.69) is 5.32 Å². The fourth-order valence-corrected chi connectivity index (χ4v) is 2.27. The second-order valence-corrected chi connectivity index (χ2v) is 5.46. The molecule has 1 fully saturated rings. The van der Waals surface area contributed by atoms with Gasteiger partial charge in [0, 0.05) is 19.5 Å². The molecule has 1 aromatic carbocycles. The van der Waals surface area contributed by atoms with Gasteiger partial charge in [-0.05, 0) is 25.0 Å². The Balaban J connectivity index is 1.71. The molecule has 1 aliphatic heterocycles. The summed E-state index contributed by atoms with van der Waals surface area (Å²) in [6.45, 7) is 3.04. The first-order chi connectivity index (χ1) is 10.1. The van der Waals surface area contributed by atoms with Gasteiger partial charge in [-0.15, -0.1) is 0 Å². The molecular formula is C16H22N2O3. The largest absolute Gasteiger partial charge is 0.494 e. The molecule has 0 saturated carbocycles. The molecule has 114 valence electrons. The molecule has 1 N–H and O–H groups in total. The number of likely N-dealkylation sites (N-methyl/N-ethyl adjacent to an activating group) is 1. The zero-order chi connectivity index (χ0) is 15.2. The third kappa shape index (κ3) is 4.21. The number of nitrogens with one attached hydrogen (secondary N) is 1. The molecule has 2 rings (SSSR count). The Labute approximate surface area is 125 Å². The van der Waals surface area contributed by atoms with Gasteiger partial charge in [-0.25, -0.2) is 0 Å². The lowest BCUT2D eigenvalue weighted by molar-refractivity contribution is -0.133.